The largest absolute Gasteiger partial charge is 0.396 e. The minimum atomic E-state index is 0.209. The summed E-state index contributed by atoms with van der Waals surface area (Å²) in [6, 6.07) is 8.52. The number of aliphatic hydroxyl groups excluding tert-OH is 1. The van der Waals surface area contributed by atoms with Crippen LogP contribution in [0.3, 0.4) is 0 Å². The Morgan fingerprint density at radius 3 is 2.60 bits per heavy atom. The maximum atomic E-state index is 8.90. The van der Waals surface area contributed by atoms with Crippen molar-refractivity contribution in [3.63, 3.8) is 0 Å². The summed E-state index contributed by atoms with van der Waals surface area (Å²) >= 11 is 0. The molecule has 1 aromatic carbocycles. The molecule has 1 atom stereocenters. The van der Waals surface area contributed by atoms with Crippen LogP contribution < -0.4 is 0 Å². The van der Waals surface area contributed by atoms with Gasteiger partial charge in [0.2, 0.25) is 0 Å². The van der Waals surface area contributed by atoms with E-state index in [-0.39, 0.29) is 12.5 Å². The zero-order chi connectivity index (χ0) is 11.3. The number of rotatable bonds is 4. The summed E-state index contributed by atoms with van der Waals surface area (Å²) in [5.74, 6) is 0.793. The van der Waals surface area contributed by atoms with Gasteiger partial charge >= 0.3 is 0 Å². The van der Waals surface area contributed by atoms with Crippen molar-refractivity contribution in [2.75, 3.05) is 6.61 Å². The third kappa shape index (κ3) is 3.88. The first-order valence-electron chi connectivity index (χ1n) is 5.52. The Morgan fingerprint density at radius 2 is 2.00 bits per heavy atom. The summed E-state index contributed by atoms with van der Waals surface area (Å²) in [6.07, 6.45) is 4.12. The van der Waals surface area contributed by atoms with Gasteiger partial charge in [-0.1, -0.05) is 57.2 Å². The molecule has 0 aromatic heterocycles. The molecule has 1 rings (SSSR count). The fourth-order valence-electron chi connectivity index (χ4n) is 1.36. The Bertz CT molecular complexity index is 326. The Balaban J connectivity index is 2.78. The predicted molar refractivity (Wildman–Crippen MR) is 65.8 cm³/mol. The molecule has 15 heavy (non-hydrogen) atoms. The summed E-state index contributed by atoms with van der Waals surface area (Å²) in [7, 11) is 0. The van der Waals surface area contributed by atoms with Gasteiger partial charge in [0.1, 0.15) is 0 Å². The zero-order valence-electron chi connectivity index (χ0n) is 9.77. The van der Waals surface area contributed by atoms with E-state index in [1.54, 1.807) is 0 Å². The normalized spacial score (nSPS) is 13.7. The van der Waals surface area contributed by atoms with E-state index < -0.39 is 0 Å². The summed E-state index contributed by atoms with van der Waals surface area (Å²) in [5, 5.41) is 8.90. The van der Waals surface area contributed by atoms with Crippen LogP contribution in [0, 0.1) is 5.92 Å². The molecule has 0 spiro atoms. The van der Waals surface area contributed by atoms with Gasteiger partial charge in [-0.3, -0.25) is 0 Å². The molecule has 0 bridgehead atoms. The van der Waals surface area contributed by atoms with E-state index in [0.717, 1.165) is 0 Å². The van der Waals surface area contributed by atoms with Crippen molar-refractivity contribution in [1.29, 1.82) is 0 Å². The van der Waals surface area contributed by atoms with Crippen LogP contribution in [-0.4, -0.2) is 11.7 Å². The lowest BCUT2D eigenvalue weighted by atomic mass is 10.0. The van der Waals surface area contributed by atoms with Crippen molar-refractivity contribution < 1.29 is 5.11 Å². The quantitative estimate of drug-likeness (QED) is 0.796. The highest BCUT2D eigenvalue weighted by molar-refractivity contribution is 5.50. The minimum Gasteiger partial charge on any atom is -0.396 e. The first-order chi connectivity index (χ1) is 7.13. The van der Waals surface area contributed by atoms with Crippen molar-refractivity contribution in [2.24, 2.45) is 5.92 Å². The van der Waals surface area contributed by atoms with Crippen LogP contribution in [0.4, 0.5) is 0 Å². The molecule has 0 fully saturated rings. The molecule has 0 saturated carbocycles. The Kier molecular flexibility index (Phi) is 4.57. The molecule has 1 aromatic rings. The smallest absolute Gasteiger partial charge is 0.0491 e. The molecular weight excluding hydrogens is 184 g/mol. The van der Waals surface area contributed by atoms with Gasteiger partial charge in [-0.05, 0) is 23.0 Å². The van der Waals surface area contributed by atoms with Gasteiger partial charge in [-0.15, -0.1) is 0 Å². The molecule has 0 saturated heterocycles. The minimum absolute atomic E-state index is 0.209. The van der Waals surface area contributed by atoms with Crippen LogP contribution in [0.25, 0.3) is 6.08 Å². The highest BCUT2D eigenvalue weighted by Crippen LogP contribution is 2.16. The standard InChI is InChI=1S/C14H20O/c1-11(2)14-6-4-5-13(9-14)8-7-12(3)10-15/h4-9,11-12,15H,10H2,1-3H3/t12-/m1/s1. The molecule has 82 valence electrons. The van der Waals surface area contributed by atoms with E-state index in [4.69, 9.17) is 5.11 Å². The number of hydrogen-bond donors (Lipinski definition) is 1. The molecule has 0 aliphatic heterocycles. The monoisotopic (exact) mass is 204 g/mol. The number of benzene rings is 1. The molecule has 0 amide bonds. The van der Waals surface area contributed by atoms with Crippen LogP contribution in [0.2, 0.25) is 0 Å². The van der Waals surface area contributed by atoms with Crippen molar-refractivity contribution in [2.45, 2.75) is 26.7 Å². The maximum absolute atomic E-state index is 8.90. The zero-order valence-corrected chi connectivity index (χ0v) is 9.77. The third-order valence-corrected chi connectivity index (χ3v) is 2.48. The maximum Gasteiger partial charge on any atom is 0.0491 e. The predicted octanol–water partition coefficient (Wildman–Crippen LogP) is 3.45. The molecule has 1 heteroatoms. The molecule has 0 aliphatic rings. The second kappa shape index (κ2) is 5.72. The van der Waals surface area contributed by atoms with Gasteiger partial charge in [0.15, 0.2) is 0 Å². The van der Waals surface area contributed by atoms with Gasteiger partial charge in [0.25, 0.3) is 0 Å². The van der Waals surface area contributed by atoms with Crippen molar-refractivity contribution in [1.82, 2.24) is 0 Å². The summed E-state index contributed by atoms with van der Waals surface area (Å²) in [6.45, 7) is 6.60. The third-order valence-electron chi connectivity index (χ3n) is 2.48. The first kappa shape index (κ1) is 12.0. The van der Waals surface area contributed by atoms with Gasteiger partial charge in [0.05, 0.1) is 0 Å². The number of aliphatic hydroxyl groups is 1. The van der Waals surface area contributed by atoms with Gasteiger partial charge in [-0.25, -0.2) is 0 Å². The topological polar surface area (TPSA) is 20.2 Å². The van der Waals surface area contributed by atoms with Crippen molar-refractivity contribution in [3.05, 3.63) is 41.5 Å². The van der Waals surface area contributed by atoms with E-state index in [9.17, 15) is 0 Å². The van der Waals surface area contributed by atoms with E-state index in [2.05, 4.69) is 44.2 Å². The van der Waals surface area contributed by atoms with E-state index in [0.29, 0.717) is 5.92 Å². The summed E-state index contributed by atoms with van der Waals surface area (Å²) in [4.78, 5) is 0. The van der Waals surface area contributed by atoms with Gasteiger partial charge in [-0.2, -0.15) is 0 Å². The second-order valence-electron chi connectivity index (χ2n) is 4.34. The average Bonchev–Trinajstić information content (AvgIpc) is 2.26. The SMILES string of the molecule is CC(C)c1cccc(C=C[C@@H](C)CO)c1. The van der Waals surface area contributed by atoms with Crippen LogP contribution >= 0.6 is 0 Å². The van der Waals surface area contributed by atoms with E-state index in [1.165, 1.54) is 11.1 Å². The van der Waals surface area contributed by atoms with Crippen molar-refractivity contribution >= 4 is 6.08 Å². The lowest BCUT2D eigenvalue weighted by Gasteiger charge is -2.06. The average molecular weight is 204 g/mol. The van der Waals surface area contributed by atoms with Gasteiger partial charge < -0.3 is 5.11 Å². The molecular formula is C14H20O. The second-order valence-corrected chi connectivity index (χ2v) is 4.34. The lowest BCUT2D eigenvalue weighted by molar-refractivity contribution is 0.262. The van der Waals surface area contributed by atoms with E-state index in [1.807, 2.05) is 13.0 Å². The van der Waals surface area contributed by atoms with Crippen LogP contribution in [-0.2, 0) is 0 Å². The molecule has 0 radical (unpaired) electrons. The molecule has 0 heterocycles. The van der Waals surface area contributed by atoms with Crippen LogP contribution in [0.5, 0.6) is 0 Å². The van der Waals surface area contributed by atoms with Crippen LogP contribution in [0.1, 0.15) is 37.8 Å². The molecule has 1 nitrogen and oxygen atoms in total. The Morgan fingerprint density at radius 1 is 1.27 bits per heavy atom. The fourth-order valence-corrected chi connectivity index (χ4v) is 1.36. The number of hydrogen-bond acceptors (Lipinski definition) is 1. The summed E-state index contributed by atoms with van der Waals surface area (Å²) in [5.41, 5.74) is 2.57. The molecule has 0 unspecified atom stereocenters. The Hall–Kier alpha value is -1.08. The Labute approximate surface area is 92.5 Å². The molecule has 0 aliphatic carbocycles. The van der Waals surface area contributed by atoms with Crippen molar-refractivity contribution in [3.8, 4) is 0 Å². The van der Waals surface area contributed by atoms with Gasteiger partial charge in [0, 0.05) is 6.61 Å². The molecule has 1 N–H and O–H groups in total. The highest BCUT2D eigenvalue weighted by atomic mass is 16.3. The summed E-state index contributed by atoms with van der Waals surface area (Å²) < 4.78 is 0. The van der Waals surface area contributed by atoms with E-state index >= 15 is 0 Å². The lowest BCUT2D eigenvalue weighted by Crippen LogP contribution is -1.94. The fraction of sp³-hybridized carbons (Fsp3) is 0.429. The highest BCUT2D eigenvalue weighted by Gasteiger charge is 1.98. The first-order valence-corrected chi connectivity index (χ1v) is 5.52. The van der Waals surface area contributed by atoms with Crippen LogP contribution in [0.15, 0.2) is 30.3 Å².